The monoisotopic (exact) mass is 251 g/mol. The molecule has 0 aliphatic heterocycles. The minimum atomic E-state index is 0.0498. The van der Waals surface area contributed by atoms with Crippen LogP contribution >= 0.6 is 11.6 Å². The Balaban J connectivity index is 1.96. The highest BCUT2D eigenvalue weighted by Crippen LogP contribution is 2.17. The summed E-state index contributed by atoms with van der Waals surface area (Å²) in [7, 11) is 0. The number of hydrogen-bond donors (Lipinski definition) is 2. The summed E-state index contributed by atoms with van der Waals surface area (Å²) in [5.74, 6) is 0.656. The maximum absolute atomic E-state index is 6.06. The van der Waals surface area contributed by atoms with Gasteiger partial charge < -0.3 is 5.32 Å². The molecule has 1 aromatic heterocycles. The number of hydrogen-bond acceptors (Lipinski definition) is 4. The van der Waals surface area contributed by atoms with E-state index in [4.69, 9.17) is 11.6 Å². The molecule has 2 rings (SSSR count). The maximum atomic E-state index is 6.06. The van der Waals surface area contributed by atoms with Crippen LogP contribution in [-0.4, -0.2) is 20.6 Å². The molecule has 1 atom stereocenters. The van der Waals surface area contributed by atoms with E-state index in [1.807, 2.05) is 26.0 Å². The van der Waals surface area contributed by atoms with Crippen molar-refractivity contribution in [2.24, 2.45) is 0 Å². The van der Waals surface area contributed by atoms with Crippen molar-refractivity contribution in [3.8, 4) is 0 Å². The zero-order chi connectivity index (χ0) is 12.3. The standard InChI is InChI=1S/C11H14ClN5/c1-7-3-4-9(5-10(7)12)6-13-8(2)11-14-16-17-15-11/h3-5,8,13H,6H2,1-2H3,(H,14,15,16,17). The lowest BCUT2D eigenvalue weighted by Crippen LogP contribution is -2.19. The number of benzene rings is 1. The molecule has 1 aromatic carbocycles. The highest BCUT2D eigenvalue weighted by molar-refractivity contribution is 6.31. The number of aromatic amines is 1. The fraction of sp³-hybridized carbons (Fsp3) is 0.364. The van der Waals surface area contributed by atoms with Gasteiger partial charge in [0.2, 0.25) is 0 Å². The summed E-state index contributed by atoms with van der Waals surface area (Å²) >= 11 is 6.06. The van der Waals surface area contributed by atoms with Gasteiger partial charge >= 0.3 is 0 Å². The summed E-state index contributed by atoms with van der Waals surface area (Å²) in [5, 5.41) is 17.9. The highest BCUT2D eigenvalue weighted by atomic mass is 35.5. The van der Waals surface area contributed by atoms with Crippen LogP contribution < -0.4 is 5.32 Å². The molecule has 0 aliphatic rings. The van der Waals surface area contributed by atoms with Crippen LogP contribution in [0.3, 0.4) is 0 Å². The Bertz CT molecular complexity index is 483. The first-order valence-electron chi connectivity index (χ1n) is 5.38. The van der Waals surface area contributed by atoms with E-state index < -0.39 is 0 Å². The van der Waals surface area contributed by atoms with Crippen molar-refractivity contribution < 1.29 is 0 Å². The molecule has 0 radical (unpaired) electrons. The van der Waals surface area contributed by atoms with Gasteiger partial charge in [-0.2, -0.15) is 5.21 Å². The molecule has 0 saturated carbocycles. The molecule has 0 spiro atoms. The average Bonchev–Trinajstić information content (AvgIpc) is 2.84. The molecular weight excluding hydrogens is 238 g/mol. The molecule has 0 fully saturated rings. The summed E-state index contributed by atoms with van der Waals surface area (Å²) < 4.78 is 0. The van der Waals surface area contributed by atoms with Crippen molar-refractivity contribution in [2.75, 3.05) is 0 Å². The molecule has 2 aromatic rings. The number of H-pyrrole nitrogens is 1. The first-order chi connectivity index (χ1) is 8.16. The zero-order valence-electron chi connectivity index (χ0n) is 9.74. The summed E-state index contributed by atoms with van der Waals surface area (Å²) in [6.45, 7) is 4.69. The number of halogens is 1. The van der Waals surface area contributed by atoms with Crippen molar-refractivity contribution in [1.29, 1.82) is 0 Å². The second-order valence-corrected chi connectivity index (χ2v) is 4.36. The molecule has 0 amide bonds. The van der Waals surface area contributed by atoms with Gasteiger partial charge in [-0.15, -0.1) is 10.2 Å². The third kappa shape index (κ3) is 3.01. The number of nitrogens with zero attached hydrogens (tertiary/aromatic N) is 3. The van der Waals surface area contributed by atoms with E-state index in [9.17, 15) is 0 Å². The second-order valence-electron chi connectivity index (χ2n) is 3.96. The Morgan fingerprint density at radius 1 is 1.47 bits per heavy atom. The SMILES string of the molecule is Cc1ccc(CNC(C)c2nn[nH]n2)cc1Cl. The number of nitrogens with one attached hydrogen (secondary N) is 2. The van der Waals surface area contributed by atoms with Crippen LogP contribution in [0.1, 0.15) is 29.9 Å². The molecular formula is C11H14ClN5. The number of rotatable bonds is 4. The molecule has 0 bridgehead atoms. The summed E-state index contributed by atoms with van der Waals surface area (Å²) in [5.41, 5.74) is 2.22. The fourth-order valence-corrected chi connectivity index (χ4v) is 1.66. The van der Waals surface area contributed by atoms with Gasteiger partial charge in [-0.25, -0.2) is 0 Å². The van der Waals surface area contributed by atoms with Gasteiger partial charge in [-0.05, 0) is 31.0 Å². The van der Waals surface area contributed by atoms with E-state index in [1.54, 1.807) is 0 Å². The second kappa shape index (κ2) is 5.25. The Hall–Kier alpha value is -1.46. The van der Waals surface area contributed by atoms with Crippen molar-refractivity contribution in [1.82, 2.24) is 25.9 Å². The van der Waals surface area contributed by atoms with Crippen LogP contribution in [-0.2, 0) is 6.54 Å². The van der Waals surface area contributed by atoms with E-state index in [1.165, 1.54) is 0 Å². The lowest BCUT2D eigenvalue weighted by molar-refractivity contribution is 0.547. The number of aryl methyl sites for hydroxylation is 1. The van der Waals surface area contributed by atoms with E-state index in [-0.39, 0.29) is 6.04 Å². The third-order valence-electron chi connectivity index (χ3n) is 2.60. The van der Waals surface area contributed by atoms with Gasteiger partial charge in [-0.3, -0.25) is 0 Å². The predicted octanol–water partition coefficient (Wildman–Crippen LogP) is 2.01. The Morgan fingerprint density at radius 2 is 2.29 bits per heavy atom. The molecule has 0 aliphatic carbocycles. The smallest absolute Gasteiger partial charge is 0.191 e. The first kappa shape index (κ1) is 12.0. The van der Waals surface area contributed by atoms with E-state index in [0.29, 0.717) is 5.82 Å². The minimum Gasteiger partial charge on any atom is -0.303 e. The Kier molecular flexibility index (Phi) is 3.71. The first-order valence-corrected chi connectivity index (χ1v) is 5.76. The van der Waals surface area contributed by atoms with Crippen LogP contribution in [0.4, 0.5) is 0 Å². The van der Waals surface area contributed by atoms with Crippen LogP contribution in [0, 0.1) is 6.92 Å². The molecule has 1 heterocycles. The maximum Gasteiger partial charge on any atom is 0.191 e. The van der Waals surface area contributed by atoms with Crippen LogP contribution in [0.25, 0.3) is 0 Å². The summed E-state index contributed by atoms with van der Waals surface area (Å²) in [4.78, 5) is 0. The average molecular weight is 252 g/mol. The molecule has 6 heteroatoms. The lowest BCUT2D eigenvalue weighted by Gasteiger charge is -2.10. The van der Waals surface area contributed by atoms with Gasteiger partial charge in [0.1, 0.15) is 0 Å². The topological polar surface area (TPSA) is 66.5 Å². The molecule has 5 nitrogen and oxygen atoms in total. The summed E-state index contributed by atoms with van der Waals surface area (Å²) in [6.07, 6.45) is 0. The number of tetrazole rings is 1. The minimum absolute atomic E-state index is 0.0498. The van der Waals surface area contributed by atoms with Gasteiger partial charge in [0.05, 0.1) is 6.04 Å². The van der Waals surface area contributed by atoms with Crippen molar-refractivity contribution in [3.05, 3.63) is 40.2 Å². The van der Waals surface area contributed by atoms with Gasteiger partial charge in [-0.1, -0.05) is 28.9 Å². The van der Waals surface area contributed by atoms with E-state index >= 15 is 0 Å². The van der Waals surface area contributed by atoms with Gasteiger partial charge in [0.25, 0.3) is 0 Å². The Morgan fingerprint density at radius 3 is 2.94 bits per heavy atom. The quantitative estimate of drug-likeness (QED) is 0.872. The molecule has 0 saturated heterocycles. The molecule has 2 N–H and O–H groups in total. The molecule has 90 valence electrons. The van der Waals surface area contributed by atoms with Gasteiger partial charge in [0.15, 0.2) is 5.82 Å². The van der Waals surface area contributed by atoms with Crippen LogP contribution in [0.5, 0.6) is 0 Å². The zero-order valence-corrected chi connectivity index (χ0v) is 10.5. The van der Waals surface area contributed by atoms with Crippen LogP contribution in [0.15, 0.2) is 18.2 Å². The normalized spacial score (nSPS) is 12.6. The molecule has 1 unspecified atom stereocenters. The van der Waals surface area contributed by atoms with Crippen molar-refractivity contribution in [3.63, 3.8) is 0 Å². The lowest BCUT2D eigenvalue weighted by atomic mass is 10.1. The fourth-order valence-electron chi connectivity index (χ4n) is 1.46. The number of aromatic nitrogens is 4. The van der Waals surface area contributed by atoms with Crippen molar-refractivity contribution in [2.45, 2.75) is 26.4 Å². The highest BCUT2D eigenvalue weighted by Gasteiger charge is 2.09. The summed E-state index contributed by atoms with van der Waals surface area (Å²) in [6, 6.07) is 6.08. The van der Waals surface area contributed by atoms with Crippen LogP contribution in [0.2, 0.25) is 5.02 Å². The largest absolute Gasteiger partial charge is 0.303 e. The van der Waals surface area contributed by atoms with Crippen molar-refractivity contribution >= 4 is 11.6 Å². The third-order valence-corrected chi connectivity index (χ3v) is 3.00. The Labute approximate surface area is 105 Å². The van der Waals surface area contributed by atoms with E-state index in [2.05, 4.69) is 32.0 Å². The predicted molar refractivity (Wildman–Crippen MR) is 65.6 cm³/mol. The molecule has 17 heavy (non-hydrogen) atoms. The van der Waals surface area contributed by atoms with Gasteiger partial charge in [0, 0.05) is 11.6 Å². The van der Waals surface area contributed by atoms with E-state index in [0.717, 1.165) is 22.7 Å².